The van der Waals surface area contributed by atoms with Crippen LogP contribution in [0.5, 0.6) is 0 Å². The van der Waals surface area contributed by atoms with Gasteiger partial charge in [-0.05, 0) is 70.2 Å². The average molecular weight is 366 g/mol. The number of fused-ring (bicyclic) bond motifs is 3. The van der Waals surface area contributed by atoms with Gasteiger partial charge in [0.05, 0.1) is 5.52 Å². The highest BCUT2D eigenvalue weighted by Gasteiger charge is 2.60. The molecule has 2 aromatic rings. The summed E-state index contributed by atoms with van der Waals surface area (Å²) in [5.41, 5.74) is 2.64. The Morgan fingerprint density at radius 3 is 2.86 bits per heavy atom. The fraction of sp³-hybridized carbons (Fsp3) is 0.625. The first-order chi connectivity index (χ1) is 9.83. The maximum atomic E-state index is 5.65. The SMILES string of the molecule is CC12CCC(C1)C(C)(C)C2n1c(=S)[nH]c2cc(Br)cnc21. The van der Waals surface area contributed by atoms with Crippen LogP contribution in [0.2, 0.25) is 0 Å². The predicted molar refractivity (Wildman–Crippen MR) is 90.9 cm³/mol. The molecule has 1 N–H and O–H groups in total. The molecule has 0 aromatic carbocycles. The maximum Gasteiger partial charge on any atom is 0.179 e. The molecule has 2 aliphatic carbocycles. The quantitative estimate of drug-likeness (QED) is 0.700. The van der Waals surface area contributed by atoms with Gasteiger partial charge in [0.1, 0.15) is 0 Å². The fourth-order valence-corrected chi connectivity index (χ4v) is 5.78. The zero-order chi connectivity index (χ0) is 15.0. The van der Waals surface area contributed by atoms with Gasteiger partial charge >= 0.3 is 0 Å². The van der Waals surface area contributed by atoms with Gasteiger partial charge in [0, 0.05) is 16.7 Å². The first-order valence-electron chi connectivity index (χ1n) is 7.59. The minimum Gasteiger partial charge on any atom is -0.329 e. The topological polar surface area (TPSA) is 33.6 Å². The molecule has 0 amide bonds. The third kappa shape index (κ3) is 1.76. The number of imidazole rings is 1. The Labute approximate surface area is 138 Å². The van der Waals surface area contributed by atoms with Crippen molar-refractivity contribution in [3.05, 3.63) is 21.5 Å². The third-order valence-electron chi connectivity index (χ3n) is 5.97. The highest BCUT2D eigenvalue weighted by atomic mass is 79.9. The molecule has 4 rings (SSSR count). The van der Waals surface area contributed by atoms with Gasteiger partial charge in [-0.2, -0.15) is 0 Å². The van der Waals surface area contributed by atoms with E-state index < -0.39 is 0 Å². The van der Waals surface area contributed by atoms with Gasteiger partial charge in [0.25, 0.3) is 0 Å². The molecule has 0 saturated heterocycles. The van der Waals surface area contributed by atoms with E-state index in [1.165, 1.54) is 19.3 Å². The zero-order valence-corrected chi connectivity index (χ0v) is 15.0. The van der Waals surface area contributed by atoms with Crippen molar-refractivity contribution in [1.82, 2.24) is 14.5 Å². The van der Waals surface area contributed by atoms with E-state index in [4.69, 9.17) is 12.2 Å². The summed E-state index contributed by atoms with van der Waals surface area (Å²) in [5.74, 6) is 0.801. The van der Waals surface area contributed by atoms with Crippen LogP contribution >= 0.6 is 28.1 Å². The molecule has 3 atom stereocenters. The van der Waals surface area contributed by atoms with Crippen LogP contribution in [0.4, 0.5) is 0 Å². The molecule has 2 heterocycles. The van der Waals surface area contributed by atoms with Crippen LogP contribution in [0, 0.1) is 21.5 Å². The second-order valence-corrected chi connectivity index (χ2v) is 8.94. The van der Waals surface area contributed by atoms with Crippen LogP contribution in [0.1, 0.15) is 46.1 Å². The molecule has 21 heavy (non-hydrogen) atoms. The molecule has 5 heteroatoms. The van der Waals surface area contributed by atoms with Crippen molar-refractivity contribution in [1.29, 1.82) is 0 Å². The number of halogens is 1. The largest absolute Gasteiger partial charge is 0.329 e. The smallest absolute Gasteiger partial charge is 0.179 e. The van der Waals surface area contributed by atoms with Crippen LogP contribution in [0.25, 0.3) is 11.2 Å². The Morgan fingerprint density at radius 2 is 2.19 bits per heavy atom. The van der Waals surface area contributed by atoms with Crippen LogP contribution in [0.3, 0.4) is 0 Å². The summed E-state index contributed by atoms with van der Waals surface area (Å²) in [6.07, 6.45) is 5.84. The summed E-state index contributed by atoms with van der Waals surface area (Å²) in [4.78, 5) is 7.99. The van der Waals surface area contributed by atoms with E-state index in [1.54, 1.807) is 0 Å². The van der Waals surface area contributed by atoms with Gasteiger partial charge in [-0.3, -0.25) is 4.57 Å². The molecule has 0 radical (unpaired) electrons. The first-order valence-corrected chi connectivity index (χ1v) is 8.79. The van der Waals surface area contributed by atoms with Crippen molar-refractivity contribution in [3.63, 3.8) is 0 Å². The zero-order valence-electron chi connectivity index (χ0n) is 12.6. The molecule has 2 saturated carbocycles. The number of aromatic amines is 1. The van der Waals surface area contributed by atoms with E-state index in [9.17, 15) is 0 Å². The lowest BCUT2D eigenvalue weighted by Gasteiger charge is -2.43. The Bertz CT molecular complexity index is 786. The second kappa shape index (κ2) is 4.19. The number of nitrogens with zero attached hydrogens (tertiary/aromatic N) is 2. The van der Waals surface area contributed by atoms with E-state index >= 15 is 0 Å². The van der Waals surface area contributed by atoms with Crippen LogP contribution in [-0.4, -0.2) is 14.5 Å². The predicted octanol–water partition coefficient (Wildman–Crippen LogP) is 5.24. The standard InChI is InChI=1S/C16H20BrN3S/c1-15(2)9-4-5-16(3,7-9)13(15)20-12-11(19-14(20)21)6-10(17)8-18-12/h6,8-9,13H,4-5,7H2,1-3H3,(H,19,21). The minimum absolute atomic E-state index is 0.273. The number of hydrogen-bond acceptors (Lipinski definition) is 2. The monoisotopic (exact) mass is 365 g/mol. The number of hydrogen-bond donors (Lipinski definition) is 1. The molecule has 0 spiro atoms. The van der Waals surface area contributed by atoms with E-state index in [0.717, 1.165) is 26.3 Å². The van der Waals surface area contributed by atoms with Crippen molar-refractivity contribution >= 4 is 39.3 Å². The van der Waals surface area contributed by atoms with Crippen LogP contribution in [0.15, 0.2) is 16.7 Å². The lowest BCUT2D eigenvalue weighted by atomic mass is 9.68. The molecule has 2 bridgehead atoms. The highest BCUT2D eigenvalue weighted by Crippen LogP contribution is 2.68. The molecular weight excluding hydrogens is 346 g/mol. The molecular formula is C16H20BrN3S. The Balaban J connectivity index is 1.98. The van der Waals surface area contributed by atoms with Gasteiger partial charge in [-0.15, -0.1) is 0 Å². The minimum atomic E-state index is 0.273. The van der Waals surface area contributed by atoms with Crippen molar-refractivity contribution < 1.29 is 0 Å². The third-order valence-corrected chi connectivity index (χ3v) is 6.71. The first kappa shape index (κ1) is 13.9. The van der Waals surface area contributed by atoms with E-state index in [0.29, 0.717) is 11.5 Å². The molecule has 2 aliphatic rings. The van der Waals surface area contributed by atoms with Gasteiger partial charge in [-0.25, -0.2) is 4.98 Å². The van der Waals surface area contributed by atoms with E-state index in [-0.39, 0.29) is 5.41 Å². The van der Waals surface area contributed by atoms with Gasteiger partial charge < -0.3 is 4.98 Å². The van der Waals surface area contributed by atoms with Crippen molar-refractivity contribution in [2.45, 2.75) is 46.1 Å². The summed E-state index contributed by atoms with van der Waals surface area (Å²) >= 11 is 9.14. The Morgan fingerprint density at radius 1 is 1.43 bits per heavy atom. The number of pyridine rings is 1. The number of nitrogens with one attached hydrogen (secondary N) is 1. The Hall–Kier alpha value is -0.680. The number of aromatic nitrogens is 3. The molecule has 2 fully saturated rings. The number of H-pyrrole nitrogens is 1. The van der Waals surface area contributed by atoms with Gasteiger partial charge in [0.15, 0.2) is 10.4 Å². The second-order valence-electron chi connectivity index (χ2n) is 7.64. The Kier molecular flexibility index (Phi) is 2.79. The van der Waals surface area contributed by atoms with Crippen LogP contribution < -0.4 is 0 Å². The van der Waals surface area contributed by atoms with Crippen molar-refractivity contribution in [2.75, 3.05) is 0 Å². The van der Waals surface area contributed by atoms with E-state index in [2.05, 4.69) is 57.3 Å². The number of rotatable bonds is 1. The summed E-state index contributed by atoms with van der Waals surface area (Å²) in [6.45, 7) is 7.25. The molecule has 112 valence electrons. The summed E-state index contributed by atoms with van der Waals surface area (Å²) < 4.78 is 4.09. The summed E-state index contributed by atoms with van der Waals surface area (Å²) in [5, 5.41) is 0. The molecule has 3 unspecified atom stereocenters. The lowest BCUT2D eigenvalue weighted by Crippen LogP contribution is -2.37. The molecule has 2 aromatic heterocycles. The van der Waals surface area contributed by atoms with E-state index in [1.807, 2.05) is 6.20 Å². The maximum absolute atomic E-state index is 5.65. The van der Waals surface area contributed by atoms with Gasteiger partial charge in [0.2, 0.25) is 0 Å². The lowest BCUT2D eigenvalue weighted by molar-refractivity contribution is 0.0851. The van der Waals surface area contributed by atoms with Gasteiger partial charge in [-0.1, -0.05) is 20.8 Å². The molecule has 0 aliphatic heterocycles. The summed E-state index contributed by atoms with van der Waals surface area (Å²) in [6, 6.07) is 2.50. The normalized spacial score (nSPS) is 33.9. The molecule has 3 nitrogen and oxygen atoms in total. The summed E-state index contributed by atoms with van der Waals surface area (Å²) in [7, 11) is 0. The van der Waals surface area contributed by atoms with Crippen molar-refractivity contribution in [2.24, 2.45) is 16.7 Å². The van der Waals surface area contributed by atoms with Crippen molar-refractivity contribution in [3.8, 4) is 0 Å². The average Bonchev–Trinajstić information content (AvgIpc) is 2.97. The van der Waals surface area contributed by atoms with Crippen LogP contribution in [-0.2, 0) is 0 Å². The highest BCUT2D eigenvalue weighted by molar-refractivity contribution is 9.10. The fourth-order valence-electron chi connectivity index (χ4n) is 5.15.